The van der Waals surface area contributed by atoms with Crippen molar-refractivity contribution in [2.45, 2.75) is 64.7 Å². The van der Waals surface area contributed by atoms with Crippen molar-refractivity contribution in [2.75, 3.05) is 0 Å². The molecule has 168 valence electrons. The summed E-state index contributed by atoms with van der Waals surface area (Å²) in [5.41, 5.74) is 5.54. The van der Waals surface area contributed by atoms with Crippen molar-refractivity contribution >= 4 is 11.6 Å². The summed E-state index contributed by atoms with van der Waals surface area (Å²) in [7, 11) is 0. The van der Waals surface area contributed by atoms with Crippen molar-refractivity contribution < 1.29 is 4.39 Å². The van der Waals surface area contributed by atoms with Crippen molar-refractivity contribution in [3.05, 3.63) is 94.3 Å². The molecule has 1 saturated carbocycles. The van der Waals surface area contributed by atoms with Crippen LogP contribution in [-0.2, 0) is 19.3 Å². The Labute approximate surface area is 197 Å². The van der Waals surface area contributed by atoms with Gasteiger partial charge in [-0.2, -0.15) is 0 Å². The lowest BCUT2D eigenvalue weighted by Crippen LogP contribution is -2.15. The Morgan fingerprint density at radius 3 is 1.81 bits per heavy atom. The highest BCUT2D eigenvalue weighted by molar-refractivity contribution is 6.30. The first-order valence-corrected chi connectivity index (χ1v) is 12.6. The van der Waals surface area contributed by atoms with Crippen molar-refractivity contribution in [3.63, 3.8) is 0 Å². The number of benzene rings is 3. The summed E-state index contributed by atoms with van der Waals surface area (Å²) >= 11 is 5.95. The normalized spacial score (nSPS) is 18.6. The van der Waals surface area contributed by atoms with Gasteiger partial charge in [0.05, 0.1) is 0 Å². The predicted octanol–water partition coefficient (Wildman–Crippen LogP) is 9.08. The molecule has 0 aromatic heterocycles. The maximum absolute atomic E-state index is 14.7. The molecule has 3 aromatic rings. The molecule has 0 saturated heterocycles. The maximum atomic E-state index is 14.7. The van der Waals surface area contributed by atoms with E-state index < -0.39 is 0 Å². The molecule has 1 aliphatic rings. The van der Waals surface area contributed by atoms with E-state index in [1.54, 1.807) is 6.07 Å². The fourth-order valence-corrected chi connectivity index (χ4v) is 5.20. The Morgan fingerprint density at radius 1 is 0.719 bits per heavy atom. The van der Waals surface area contributed by atoms with Gasteiger partial charge in [-0.15, -0.1) is 0 Å². The molecule has 0 nitrogen and oxygen atoms in total. The molecule has 0 aliphatic heterocycles. The highest BCUT2D eigenvalue weighted by atomic mass is 35.5. The lowest BCUT2D eigenvalue weighted by molar-refractivity contribution is 0.253. The van der Waals surface area contributed by atoms with Gasteiger partial charge in [-0.3, -0.25) is 0 Å². The summed E-state index contributed by atoms with van der Waals surface area (Å²) in [6.45, 7) is 2.21. The van der Waals surface area contributed by atoms with Crippen LogP contribution in [0.5, 0.6) is 0 Å². The fourth-order valence-electron chi connectivity index (χ4n) is 5.07. The van der Waals surface area contributed by atoms with Crippen LogP contribution in [0, 0.1) is 17.7 Å². The summed E-state index contributed by atoms with van der Waals surface area (Å²) in [6.07, 6.45) is 11.1. The van der Waals surface area contributed by atoms with E-state index in [-0.39, 0.29) is 5.82 Å². The Morgan fingerprint density at radius 2 is 1.25 bits per heavy atom. The quantitative estimate of drug-likeness (QED) is 0.322. The third kappa shape index (κ3) is 6.23. The molecular weight excluding hydrogens is 415 g/mol. The first kappa shape index (κ1) is 23.1. The SMILES string of the molecule is CCc1ccc(CCC2CCC(CCc3ccc(-c4ccc(Cl)cc4)c(F)c3)CC2)cc1. The van der Waals surface area contributed by atoms with Crippen LogP contribution in [0.2, 0.25) is 5.02 Å². The molecule has 32 heavy (non-hydrogen) atoms. The van der Waals surface area contributed by atoms with E-state index >= 15 is 0 Å². The average Bonchev–Trinajstić information content (AvgIpc) is 2.83. The van der Waals surface area contributed by atoms with E-state index in [0.29, 0.717) is 10.6 Å². The second-order valence-electron chi connectivity index (χ2n) is 9.46. The van der Waals surface area contributed by atoms with E-state index in [1.807, 2.05) is 30.3 Å². The van der Waals surface area contributed by atoms with Crippen molar-refractivity contribution in [2.24, 2.45) is 11.8 Å². The molecule has 0 spiro atoms. The minimum Gasteiger partial charge on any atom is -0.206 e. The van der Waals surface area contributed by atoms with Gasteiger partial charge in [0.1, 0.15) is 5.82 Å². The summed E-state index contributed by atoms with van der Waals surface area (Å²) in [5.74, 6) is 1.52. The first-order chi connectivity index (χ1) is 15.6. The number of aryl methyl sites for hydroxylation is 3. The van der Waals surface area contributed by atoms with Crippen molar-refractivity contribution in [3.8, 4) is 11.1 Å². The van der Waals surface area contributed by atoms with Gasteiger partial charge in [-0.25, -0.2) is 4.39 Å². The maximum Gasteiger partial charge on any atom is 0.131 e. The molecule has 0 amide bonds. The summed E-state index contributed by atoms with van der Waals surface area (Å²) in [6, 6.07) is 22.3. The smallest absolute Gasteiger partial charge is 0.131 e. The molecule has 0 unspecified atom stereocenters. The van der Waals surface area contributed by atoms with Crippen LogP contribution in [0.4, 0.5) is 4.39 Å². The summed E-state index contributed by atoms with van der Waals surface area (Å²) in [5, 5.41) is 0.672. The molecule has 0 bridgehead atoms. The highest BCUT2D eigenvalue weighted by Crippen LogP contribution is 2.34. The Hall–Kier alpha value is -2.12. The lowest BCUT2D eigenvalue weighted by Gasteiger charge is -2.28. The molecule has 0 N–H and O–H groups in total. The van der Waals surface area contributed by atoms with E-state index in [4.69, 9.17) is 11.6 Å². The lowest BCUT2D eigenvalue weighted by atomic mass is 9.77. The number of halogens is 2. The molecule has 1 aliphatic carbocycles. The third-order valence-corrected chi connectivity index (χ3v) is 7.52. The molecule has 0 heterocycles. The van der Waals surface area contributed by atoms with E-state index in [2.05, 4.69) is 37.3 Å². The first-order valence-electron chi connectivity index (χ1n) is 12.2. The second-order valence-corrected chi connectivity index (χ2v) is 9.89. The topological polar surface area (TPSA) is 0 Å². The average molecular weight is 449 g/mol. The van der Waals surface area contributed by atoms with Crippen molar-refractivity contribution in [1.29, 1.82) is 0 Å². The molecule has 1 fully saturated rings. The van der Waals surface area contributed by atoms with E-state index in [9.17, 15) is 4.39 Å². The number of hydrogen-bond donors (Lipinski definition) is 0. The molecule has 3 aromatic carbocycles. The van der Waals surface area contributed by atoms with Crippen LogP contribution < -0.4 is 0 Å². The number of hydrogen-bond acceptors (Lipinski definition) is 0. The van der Waals surface area contributed by atoms with Crippen LogP contribution in [0.25, 0.3) is 11.1 Å². The third-order valence-electron chi connectivity index (χ3n) is 7.27. The highest BCUT2D eigenvalue weighted by Gasteiger charge is 2.21. The van der Waals surface area contributed by atoms with Gasteiger partial charge in [-0.1, -0.05) is 92.7 Å². The number of rotatable bonds is 8. The molecule has 4 rings (SSSR count). The second kappa shape index (κ2) is 11.1. The minimum atomic E-state index is -0.138. The van der Waals surface area contributed by atoms with Gasteiger partial charge in [0.2, 0.25) is 0 Å². The van der Waals surface area contributed by atoms with Crippen LogP contribution in [0.1, 0.15) is 62.1 Å². The standard InChI is InChI=1S/C30H34ClF/c1-2-22-3-5-23(6-4-22)7-8-24-9-11-25(12-10-24)13-14-26-15-20-29(30(32)21-26)27-16-18-28(31)19-17-27/h3-6,15-21,24-25H,2,7-14H2,1H3. The van der Waals surface area contributed by atoms with Crippen LogP contribution in [0.15, 0.2) is 66.7 Å². The Kier molecular flexibility index (Phi) is 8.03. The zero-order valence-corrected chi connectivity index (χ0v) is 19.9. The van der Waals surface area contributed by atoms with Gasteiger partial charge < -0.3 is 0 Å². The fraction of sp³-hybridized carbons (Fsp3) is 0.400. The molecule has 0 atom stereocenters. The van der Waals surface area contributed by atoms with Gasteiger partial charge in [-0.05, 0) is 84.4 Å². The van der Waals surface area contributed by atoms with E-state index in [0.717, 1.165) is 35.8 Å². The van der Waals surface area contributed by atoms with Crippen LogP contribution in [0.3, 0.4) is 0 Å². The zero-order chi connectivity index (χ0) is 22.3. The summed E-state index contributed by atoms with van der Waals surface area (Å²) < 4.78 is 14.7. The Balaban J connectivity index is 1.21. The van der Waals surface area contributed by atoms with Gasteiger partial charge in [0.25, 0.3) is 0 Å². The van der Waals surface area contributed by atoms with Gasteiger partial charge in [0, 0.05) is 10.6 Å². The Bertz CT molecular complexity index is 982. The molecular formula is C30H34ClF. The largest absolute Gasteiger partial charge is 0.206 e. The molecule has 0 radical (unpaired) electrons. The predicted molar refractivity (Wildman–Crippen MR) is 135 cm³/mol. The van der Waals surface area contributed by atoms with E-state index in [1.165, 1.54) is 56.1 Å². The zero-order valence-electron chi connectivity index (χ0n) is 19.1. The van der Waals surface area contributed by atoms with Crippen LogP contribution in [-0.4, -0.2) is 0 Å². The monoisotopic (exact) mass is 448 g/mol. The van der Waals surface area contributed by atoms with Crippen LogP contribution >= 0.6 is 11.6 Å². The van der Waals surface area contributed by atoms with Gasteiger partial charge >= 0.3 is 0 Å². The molecule has 2 heteroatoms. The van der Waals surface area contributed by atoms with Gasteiger partial charge in [0.15, 0.2) is 0 Å². The minimum absolute atomic E-state index is 0.138. The van der Waals surface area contributed by atoms with Crippen molar-refractivity contribution in [1.82, 2.24) is 0 Å². The summed E-state index contributed by atoms with van der Waals surface area (Å²) in [4.78, 5) is 0.